The molecule has 1 unspecified atom stereocenters. The minimum atomic E-state index is -1.50. The molecule has 0 bridgehead atoms. The molecule has 0 heterocycles. The Morgan fingerprint density at radius 2 is 1.78 bits per heavy atom. The van der Waals surface area contributed by atoms with Crippen LogP contribution in [0.15, 0.2) is 41.3 Å². The van der Waals surface area contributed by atoms with Gasteiger partial charge in [0.25, 0.3) is 0 Å². The number of nitrogens with one attached hydrogen (secondary N) is 1. The molecule has 2 aromatic carbocycles. The third kappa shape index (κ3) is 5.65. The number of aromatic carboxylic acids is 1. The second-order valence-electron chi connectivity index (χ2n) is 7.50. The molecule has 2 aromatic rings. The summed E-state index contributed by atoms with van der Waals surface area (Å²) >= 11 is 0. The van der Waals surface area contributed by atoms with E-state index in [-0.39, 0.29) is 11.0 Å². The van der Waals surface area contributed by atoms with Gasteiger partial charge in [-0.15, -0.1) is 0 Å². The van der Waals surface area contributed by atoms with E-state index in [1.807, 2.05) is 31.2 Å². The van der Waals surface area contributed by atoms with Crippen LogP contribution in [0.1, 0.15) is 47.8 Å². The van der Waals surface area contributed by atoms with E-state index in [9.17, 15) is 14.1 Å². The summed E-state index contributed by atoms with van der Waals surface area (Å²) in [5.41, 5.74) is 2.99. The number of aryl methyl sites for hydroxylation is 1. The van der Waals surface area contributed by atoms with Crippen molar-refractivity contribution in [1.82, 2.24) is 4.72 Å². The molecule has 0 radical (unpaired) electrons. The first-order valence-electron chi connectivity index (χ1n) is 8.83. The van der Waals surface area contributed by atoms with Crippen LogP contribution in [0.3, 0.4) is 0 Å². The van der Waals surface area contributed by atoms with Crippen molar-refractivity contribution in [3.63, 3.8) is 0 Å². The van der Waals surface area contributed by atoms with Gasteiger partial charge in [-0.25, -0.2) is 13.7 Å². The van der Waals surface area contributed by atoms with E-state index in [4.69, 9.17) is 4.74 Å². The van der Waals surface area contributed by atoms with Gasteiger partial charge in [-0.05, 0) is 60.2 Å². The number of benzene rings is 2. The van der Waals surface area contributed by atoms with Gasteiger partial charge in [-0.3, -0.25) is 0 Å². The number of hydrogen-bond donors (Lipinski definition) is 2. The highest BCUT2D eigenvalue weighted by molar-refractivity contribution is 7.83. The molecule has 0 spiro atoms. The van der Waals surface area contributed by atoms with Gasteiger partial charge in [0.05, 0.1) is 10.5 Å². The van der Waals surface area contributed by atoms with Crippen LogP contribution < -0.4 is 9.46 Å². The van der Waals surface area contributed by atoms with Crippen LogP contribution in [0.4, 0.5) is 0 Å². The molecule has 0 aromatic heterocycles. The van der Waals surface area contributed by atoms with Gasteiger partial charge in [0, 0.05) is 6.54 Å². The number of carboxylic acids is 1. The molecule has 0 fully saturated rings. The van der Waals surface area contributed by atoms with Gasteiger partial charge in [0.2, 0.25) is 0 Å². The summed E-state index contributed by atoms with van der Waals surface area (Å²) in [7, 11) is -1.50. The normalized spacial score (nSPS) is 12.6. The molecule has 2 rings (SSSR count). The zero-order chi connectivity index (χ0) is 20.2. The first-order valence-corrected chi connectivity index (χ1v) is 9.97. The van der Waals surface area contributed by atoms with Crippen molar-refractivity contribution in [2.24, 2.45) is 0 Å². The van der Waals surface area contributed by atoms with E-state index in [0.717, 1.165) is 11.3 Å². The zero-order valence-corrected chi connectivity index (χ0v) is 17.3. The second-order valence-corrected chi connectivity index (χ2v) is 8.80. The monoisotopic (exact) mass is 389 g/mol. The van der Waals surface area contributed by atoms with Crippen molar-refractivity contribution in [2.75, 3.05) is 13.2 Å². The van der Waals surface area contributed by atoms with Crippen molar-refractivity contribution in [2.45, 2.75) is 44.9 Å². The summed E-state index contributed by atoms with van der Waals surface area (Å²) in [6, 6.07) is 11.2. The Hall–Kier alpha value is -2.18. The highest BCUT2D eigenvalue weighted by Crippen LogP contribution is 2.24. The van der Waals surface area contributed by atoms with Crippen LogP contribution in [0.2, 0.25) is 0 Å². The lowest BCUT2D eigenvalue weighted by Crippen LogP contribution is -2.24. The summed E-state index contributed by atoms with van der Waals surface area (Å²) < 4.78 is 20.9. The molecule has 0 saturated heterocycles. The van der Waals surface area contributed by atoms with E-state index in [1.54, 1.807) is 13.0 Å². The fourth-order valence-corrected chi connectivity index (χ4v) is 3.54. The van der Waals surface area contributed by atoms with Gasteiger partial charge in [0.1, 0.15) is 23.3 Å². The highest BCUT2D eigenvalue weighted by atomic mass is 32.2. The van der Waals surface area contributed by atoms with Crippen LogP contribution in [0, 0.1) is 13.8 Å². The van der Waals surface area contributed by atoms with Crippen LogP contribution in [-0.2, 0) is 16.4 Å². The van der Waals surface area contributed by atoms with Crippen LogP contribution in [-0.4, -0.2) is 28.4 Å². The van der Waals surface area contributed by atoms with Gasteiger partial charge >= 0.3 is 5.97 Å². The van der Waals surface area contributed by atoms with E-state index in [0.29, 0.717) is 23.6 Å². The van der Waals surface area contributed by atoms with Gasteiger partial charge in [0.15, 0.2) is 0 Å². The zero-order valence-electron chi connectivity index (χ0n) is 16.5. The minimum absolute atomic E-state index is 0.0952. The topological polar surface area (TPSA) is 75.6 Å². The van der Waals surface area contributed by atoms with E-state index in [1.165, 1.54) is 11.6 Å². The van der Waals surface area contributed by atoms with E-state index < -0.39 is 17.0 Å². The molecule has 0 aliphatic heterocycles. The van der Waals surface area contributed by atoms with Gasteiger partial charge in [-0.2, -0.15) is 0 Å². The Bertz CT molecular complexity index is 838. The number of hydrogen-bond acceptors (Lipinski definition) is 3. The molecular formula is C21H27NO4S. The van der Waals surface area contributed by atoms with Crippen molar-refractivity contribution in [3.8, 4) is 5.75 Å². The molecule has 0 aliphatic rings. The maximum Gasteiger partial charge on any atom is 0.336 e. The fraction of sp³-hybridized carbons (Fsp3) is 0.381. The molecule has 0 amide bonds. The fourth-order valence-electron chi connectivity index (χ4n) is 2.59. The lowest BCUT2D eigenvalue weighted by atomic mass is 9.87. The van der Waals surface area contributed by atoms with Crippen molar-refractivity contribution in [3.05, 3.63) is 58.7 Å². The van der Waals surface area contributed by atoms with Crippen molar-refractivity contribution < 1.29 is 18.8 Å². The van der Waals surface area contributed by atoms with Crippen molar-refractivity contribution in [1.29, 1.82) is 0 Å². The summed E-state index contributed by atoms with van der Waals surface area (Å²) in [5, 5.41) is 9.27. The molecule has 146 valence electrons. The molecule has 5 nitrogen and oxygen atoms in total. The molecule has 0 aliphatic carbocycles. The highest BCUT2D eigenvalue weighted by Gasteiger charge is 2.14. The lowest BCUT2D eigenvalue weighted by molar-refractivity contribution is 0.0695. The Morgan fingerprint density at radius 1 is 1.15 bits per heavy atom. The molecule has 6 heteroatoms. The summed E-state index contributed by atoms with van der Waals surface area (Å²) in [6.45, 7) is 10.8. The van der Waals surface area contributed by atoms with Crippen LogP contribution in [0.25, 0.3) is 0 Å². The van der Waals surface area contributed by atoms with Crippen LogP contribution in [0.5, 0.6) is 5.75 Å². The third-order valence-corrected chi connectivity index (χ3v) is 5.54. The predicted molar refractivity (Wildman–Crippen MR) is 108 cm³/mol. The van der Waals surface area contributed by atoms with E-state index >= 15 is 0 Å². The quantitative estimate of drug-likeness (QED) is 0.702. The van der Waals surface area contributed by atoms with Crippen molar-refractivity contribution >= 4 is 17.0 Å². The minimum Gasteiger partial charge on any atom is -0.492 e. The number of carbonyl (C=O) groups is 1. The maximum absolute atomic E-state index is 12.4. The Balaban J connectivity index is 1.90. The molecule has 2 N–H and O–H groups in total. The summed E-state index contributed by atoms with van der Waals surface area (Å²) in [6.07, 6.45) is 0. The second kappa shape index (κ2) is 8.67. The molecule has 0 saturated carbocycles. The Labute approximate surface area is 163 Å². The first kappa shape index (κ1) is 21.1. The standard InChI is InChI=1S/C21H27NO4S/c1-14-12-18(13-19(15(14)2)20(23)24)27(25)22-10-11-26-17-8-6-16(7-9-17)21(3,4)5/h6-9,12-13,22H,10-11H2,1-5H3,(H,23,24). The summed E-state index contributed by atoms with van der Waals surface area (Å²) in [5.74, 6) is -0.258. The molecule has 27 heavy (non-hydrogen) atoms. The van der Waals surface area contributed by atoms with Gasteiger partial charge in [-0.1, -0.05) is 32.9 Å². The lowest BCUT2D eigenvalue weighted by Gasteiger charge is -2.19. The van der Waals surface area contributed by atoms with Gasteiger partial charge < -0.3 is 9.84 Å². The predicted octanol–water partition coefficient (Wildman–Crippen LogP) is 3.99. The van der Waals surface area contributed by atoms with E-state index in [2.05, 4.69) is 25.5 Å². The largest absolute Gasteiger partial charge is 0.492 e. The van der Waals surface area contributed by atoms with Crippen LogP contribution >= 0.6 is 0 Å². The Morgan fingerprint density at radius 3 is 2.33 bits per heavy atom. The number of rotatable bonds is 7. The molecular weight excluding hydrogens is 362 g/mol. The molecule has 1 atom stereocenters. The number of ether oxygens (including phenoxy) is 1. The average Bonchev–Trinajstić information content (AvgIpc) is 2.60. The number of carboxylic acid groups (broad SMARTS) is 1. The maximum atomic E-state index is 12.4. The SMILES string of the molecule is Cc1cc(S(=O)NCCOc2ccc(C(C)(C)C)cc2)cc(C(=O)O)c1C. The third-order valence-electron chi connectivity index (χ3n) is 4.41. The smallest absolute Gasteiger partial charge is 0.336 e. The summed E-state index contributed by atoms with van der Waals surface area (Å²) in [4.78, 5) is 11.8. The Kier molecular flexibility index (Phi) is 6.78. The first-order chi connectivity index (χ1) is 12.6. The average molecular weight is 390 g/mol.